The zero-order chi connectivity index (χ0) is 31.5. The van der Waals surface area contributed by atoms with Gasteiger partial charge in [-0.15, -0.1) is 0 Å². The van der Waals surface area contributed by atoms with Gasteiger partial charge in [-0.2, -0.15) is 0 Å². The third-order valence-corrected chi connectivity index (χ3v) is 7.83. The predicted molar refractivity (Wildman–Crippen MR) is 165 cm³/mol. The van der Waals surface area contributed by atoms with Crippen LogP contribution in [0, 0.1) is 0 Å². The second-order valence-electron chi connectivity index (χ2n) is 12.2. The molecule has 4 aromatic rings. The molecule has 2 aliphatic heterocycles. The lowest BCUT2D eigenvalue weighted by Gasteiger charge is -2.29. The van der Waals surface area contributed by atoms with Gasteiger partial charge in [0.15, 0.2) is 5.78 Å². The fraction of sp³-hybridized carbons (Fsp3) is 0.194. The highest BCUT2D eigenvalue weighted by Gasteiger charge is 2.42. The normalized spacial score (nSPS) is 14.4. The number of benzene rings is 4. The Balaban J connectivity index is 1.24. The molecule has 0 radical (unpaired) electrons. The Morgan fingerprint density at radius 3 is 1.77 bits per heavy atom. The first-order valence-corrected chi connectivity index (χ1v) is 14.3. The van der Waals surface area contributed by atoms with Crippen LogP contribution in [-0.2, 0) is 0 Å². The van der Waals surface area contributed by atoms with Crippen molar-refractivity contribution >= 4 is 35.1 Å². The number of amides is 4. The summed E-state index contributed by atoms with van der Waals surface area (Å²) in [5.74, 6) is -0.775. The maximum atomic E-state index is 13.5. The summed E-state index contributed by atoms with van der Waals surface area (Å²) in [4.78, 5) is 68.3. The number of rotatable bonds is 6. The maximum absolute atomic E-state index is 13.5. The Hall–Kier alpha value is -5.37. The van der Waals surface area contributed by atoms with Gasteiger partial charge in [0.1, 0.15) is 11.5 Å². The molecule has 0 bridgehead atoms. The van der Waals surface area contributed by atoms with Crippen LogP contribution >= 0.6 is 0 Å². The summed E-state index contributed by atoms with van der Waals surface area (Å²) in [5, 5.41) is 0. The number of hydrogen-bond acceptors (Lipinski definition) is 6. The van der Waals surface area contributed by atoms with Crippen LogP contribution in [0.3, 0.4) is 0 Å². The summed E-state index contributed by atoms with van der Waals surface area (Å²) in [7, 11) is 0. The van der Waals surface area contributed by atoms with Crippen molar-refractivity contribution in [3.05, 3.63) is 124 Å². The van der Waals surface area contributed by atoms with E-state index in [9.17, 15) is 24.0 Å². The minimum absolute atomic E-state index is 0.110. The van der Waals surface area contributed by atoms with Gasteiger partial charge in [-0.05, 0) is 86.8 Å². The first-order valence-electron chi connectivity index (χ1n) is 14.3. The van der Waals surface area contributed by atoms with Crippen LogP contribution in [-0.4, -0.2) is 39.9 Å². The third-order valence-electron chi connectivity index (χ3n) is 7.83. The molecule has 0 saturated heterocycles. The van der Waals surface area contributed by atoms with Crippen LogP contribution in [0.4, 0.5) is 5.69 Å². The van der Waals surface area contributed by atoms with Crippen molar-refractivity contribution in [3.8, 4) is 11.5 Å². The van der Waals surface area contributed by atoms with E-state index < -0.39 is 35.0 Å². The summed E-state index contributed by atoms with van der Waals surface area (Å²) in [6, 6.07) is 23.2. The van der Waals surface area contributed by atoms with E-state index in [1.807, 2.05) is 24.3 Å². The summed E-state index contributed by atoms with van der Waals surface area (Å²) in [5.41, 5.74) is 1.80. The van der Waals surface area contributed by atoms with Crippen LogP contribution in [0.5, 0.6) is 11.5 Å². The lowest BCUT2D eigenvalue weighted by Crippen LogP contribution is -2.45. The molecule has 0 aliphatic carbocycles. The number of para-hydroxylation sites is 1. The van der Waals surface area contributed by atoms with E-state index in [1.54, 1.807) is 45.0 Å². The van der Waals surface area contributed by atoms with E-state index in [-0.39, 0.29) is 39.3 Å². The van der Waals surface area contributed by atoms with Crippen LogP contribution in [0.25, 0.3) is 0 Å². The van der Waals surface area contributed by atoms with Gasteiger partial charge < -0.3 is 4.74 Å². The van der Waals surface area contributed by atoms with Crippen molar-refractivity contribution in [2.75, 3.05) is 4.90 Å². The number of ketones is 1. The molecule has 0 N–H and O–H groups in total. The second-order valence-corrected chi connectivity index (χ2v) is 12.2. The van der Waals surface area contributed by atoms with Crippen molar-refractivity contribution in [2.24, 2.45) is 0 Å². The number of nitrogens with zero attached hydrogens (tertiary/aromatic N) is 2. The number of carbonyl (C=O) groups excluding carboxylic acids is 5. The fourth-order valence-electron chi connectivity index (χ4n) is 5.62. The van der Waals surface area contributed by atoms with Crippen molar-refractivity contribution < 1.29 is 28.7 Å². The SMILES string of the molecule is CC(C)c1ccccc1Oc1ccc(N2C(=O)c3ccc(C(=O)c4ccc5c(c4)C(=O)N(C(C)(C)C)C5=O)cc3C2=O)cc1. The Labute approximate surface area is 254 Å². The Morgan fingerprint density at radius 2 is 1.18 bits per heavy atom. The molecular weight excluding hydrogens is 556 g/mol. The van der Waals surface area contributed by atoms with Crippen LogP contribution in [0.1, 0.15) is 103 Å². The van der Waals surface area contributed by atoms with Crippen molar-refractivity contribution in [1.82, 2.24) is 4.90 Å². The molecule has 0 atom stereocenters. The smallest absolute Gasteiger partial charge is 0.266 e. The van der Waals surface area contributed by atoms with Crippen LogP contribution < -0.4 is 9.64 Å². The van der Waals surface area contributed by atoms with Gasteiger partial charge in [-0.1, -0.05) is 44.2 Å². The van der Waals surface area contributed by atoms with E-state index in [2.05, 4.69) is 13.8 Å². The molecule has 8 nitrogen and oxygen atoms in total. The van der Waals surface area contributed by atoms with Gasteiger partial charge in [0.05, 0.1) is 27.9 Å². The molecular formula is C36H30N2O6. The molecule has 220 valence electrons. The minimum Gasteiger partial charge on any atom is -0.457 e. The number of imide groups is 2. The highest BCUT2D eigenvalue weighted by molar-refractivity contribution is 6.35. The Kier molecular flexibility index (Phi) is 6.80. The average Bonchev–Trinajstić information content (AvgIpc) is 3.40. The number of ether oxygens (including phenoxy) is 1. The van der Waals surface area contributed by atoms with Crippen molar-refractivity contribution in [3.63, 3.8) is 0 Å². The topological polar surface area (TPSA) is 101 Å². The molecule has 4 amide bonds. The van der Waals surface area contributed by atoms with Gasteiger partial charge in [0.2, 0.25) is 0 Å². The maximum Gasteiger partial charge on any atom is 0.266 e. The monoisotopic (exact) mass is 586 g/mol. The summed E-state index contributed by atoms with van der Waals surface area (Å²) in [6.45, 7) is 9.47. The summed E-state index contributed by atoms with van der Waals surface area (Å²) in [6.07, 6.45) is 0. The quantitative estimate of drug-likeness (QED) is 0.178. The van der Waals surface area contributed by atoms with E-state index in [4.69, 9.17) is 4.74 Å². The number of hydrogen-bond donors (Lipinski definition) is 0. The Bertz CT molecular complexity index is 1900. The van der Waals surface area contributed by atoms with E-state index in [0.717, 1.165) is 16.2 Å². The molecule has 0 aromatic heterocycles. The molecule has 0 fully saturated rings. The molecule has 0 unspecified atom stereocenters. The number of fused-ring (bicyclic) bond motifs is 2. The van der Waals surface area contributed by atoms with Crippen molar-refractivity contribution in [1.29, 1.82) is 0 Å². The molecule has 0 saturated carbocycles. The van der Waals surface area contributed by atoms with Gasteiger partial charge in [-0.3, -0.25) is 28.9 Å². The Morgan fingerprint density at radius 1 is 0.659 bits per heavy atom. The van der Waals surface area contributed by atoms with E-state index >= 15 is 0 Å². The zero-order valence-electron chi connectivity index (χ0n) is 25.0. The summed E-state index contributed by atoms with van der Waals surface area (Å²) >= 11 is 0. The minimum atomic E-state index is -0.720. The van der Waals surface area contributed by atoms with Crippen LogP contribution in [0.2, 0.25) is 0 Å². The first-order chi connectivity index (χ1) is 20.9. The summed E-state index contributed by atoms with van der Waals surface area (Å²) < 4.78 is 6.08. The van der Waals surface area contributed by atoms with Gasteiger partial charge in [-0.25, -0.2) is 4.90 Å². The fourth-order valence-corrected chi connectivity index (χ4v) is 5.62. The molecule has 4 aromatic carbocycles. The van der Waals surface area contributed by atoms with Crippen LogP contribution in [0.15, 0.2) is 84.9 Å². The zero-order valence-corrected chi connectivity index (χ0v) is 25.0. The van der Waals surface area contributed by atoms with E-state index in [1.165, 1.54) is 41.3 Å². The standard InChI is InChI=1S/C36H30N2O6/c1-20(2)25-8-6-7-9-30(25)44-24-14-12-23(13-15-24)37-32(40)26-16-10-21(18-28(26)33(37)41)31(39)22-11-17-27-29(19-22)35(43)38(34(27)42)36(3,4)5/h6-20H,1-5H3. The molecule has 2 heterocycles. The lowest BCUT2D eigenvalue weighted by molar-refractivity contribution is 0.0507. The largest absolute Gasteiger partial charge is 0.457 e. The van der Waals surface area contributed by atoms with Gasteiger partial charge >= 0.3 is 0 Å². The van der Waals surface area contributed by atoms with E-state index in [0.29, 0.717) is 11.4 Å². The molecule has 8 heteroatoms. The van der Waals surface area contributed by atoms with Gasteiger partial charge in [0.25, 0.3) is 23.6 Å². The predicted octanol–water partition coefficient (Wildman–Crippen LogP) is 7.03. The van der Waals surface area contributed by atoms with Gasteiger partial charge in [0, 0.05) is 16.7 Å². The highest BCUT2D eigenvalue weighted by atomic mass is 16.5. The number of carbonyl (C=O) groups is 5. The average molecular weight is 587 g/mol. The third kappa shape index (κ3) is 4.68. The van der Waals surface area contributed by atoms with Crippen molar-refractivity contribution in [2.45, 2.75) is 46.1 Å². The number of anilines is 1. The lowest BCUT2D eigenvalue weighted by atomic mass is 9.96. The molecule has 44 heavy (non-hydrogen) atoms. The highest BCUT2D eigenvalue weighted by Crippen LogP contribution is 2.35. The first kappa shape index (κ1) is 28.7. The molecule has 6 rings (SSSR count). The molecule has 0 spiro atoms. The molecule has 2 aliphatic rings. The second kappa shape index (κ2) is 10.4.